The van der Waals surface area contributed by atoms with E-state index < -0.39 is 0 Å². The predicted octanol–water partition coefficient (Wildman–Crippen LogP) is 0.761. The molecular weight excluding hydrogens is 201 g/mol. The molecule has 5 heteroatoms. The molecule has 0 atom stereocenters. The van der Waals surface area contributed by atoms with Gasteiger partial charge in [0.25, 0.3) is 0 Å². The van der Waals surface area contributed by atoms with Crippen LogP contribution in [0.3, 0.4) is 0 Å². The highest BCUT2D eigenvalue weighted by Gasteiger charge is 1.37. The maximum absolute atomic E-state index is 3.88. The van der Waals surface area contributed by atoms with Crippen LogP contribution in [0.5, 0.6) is 0 Å². The maximum atomic E-state index is 3.88. The molecule has 0 spiro atoms. The van der Waals surface area contributed by atoms with Crippen molar-refractivity contribution < 1.29 is 2.92 Å². The molecular formula is BBr2NO. The Kier molecular flexibility index (Phi) is 68.2. The molecule has 0 fully saturated rings. The van der Waals surface area contributed by atoms with Crippen LogP contribution in [0, 0.1) is 0 Å². The van der Waals surface area contributed by atoms with Gasteiger partial charge in [-0.3, -0.25) is 0 Å². The molecule has 0 aliphatic heterocycles. The lowest BCUT2D eigenvalue weighted by molar-refractivity contribution is 0.838. The minimum absolute atomic E-state index is 0. The molecule has 0 rings (SSSR count). The zero-order chi connectivity index (χ0) is 2.71. The van der Waals surface area contributed by atoms with E-state index in [2.05, 4.69) is 35.4 Å². The van der Waals surface area contributed by atoms with E-state index in [0.717, 1.165) is 0 Å². The fourth-order valence-electron chi connectivity index (χ4n) is 0. The summed E-state index contributed by atoms with van der Waals surface area (Å²) in [6, 6.07) is 0. The van der Waals surface area contributed by atoms with E-state index in [1.807, 2.05) is 0 Å². The third kappa shape index (κ3) is 48.0. The molecule has 0 saturated carbocycles. The fraction of sp³-hybridized carbons (Fsp3) is 0. The van der Waals surface area contributed by atoms with Crippen molar-refractivity contribution in [2.45, 2.75) is 0 Å². The Balaban J connectivity index is -0.0000000200. The molecule has 0 N–H and O–H groups in total. The van der Waals surface area contributed by atoms with Gasteiger partial charge in [-0.2, -0.15) is 0 Å². The molecule has 0 aromatic rings. The van der Waals surface area contributed by atoms with Crippen LogP contribution >= 0.6 is 32.5 Å². The zero-order valence-electron chi connectivity index (χ0n) is 2.19. The lowest BCUT2D eigenvalue weighted by Gasteiger charge is -1.48. The quantitative estimate of drug-likeness (QED) is 0.533. The molecule has 0 aliphatic rings. The summed E-state index contributed by atoms with van der Waals surface area (Å²) in [5, 5.41) is 0. The first-order valence-corrected chi connectivity index (χ1v) is 1.60. The lowest BCUT2D eigenvalue weighted by atomic mass is 10.8. The topological polar surface area (TPSA) is 39.7 Å². The van der Waals surface area contributed by atoms with E-state index >= 15 is 0 Å². The third-order valence-electron chi connectivity index (χ3n) is 0. The summed E-state index contributed by atoms with van der Waals surface area (Å²) >= 11 is 5.12. The minimum atomic E-state index is 0. The molecule has 5 heavy (non-hydrogen) atoms. The summed E-state index contributed by atoms with van der Waals surface area (Å²) in [6.45, 7) is 0. The van der Waals surface area contributed by atoms with Gasteiger partial charge >= 0.3 is 0 Å². The second-order valence-corrected chi connectivity index (χ2v) is 1.57. The first-order chi connectivity index (χ1) is 1.41. The van der Waals surface area contributed by atoms with Crippen molar-refractivity contribution in [2.75, 3.05) is 0 Å². The van der Waals surface area contributed by atoms with Gasteiger partial charge in [0.05, 0.1) is 0 Å². The SMILES string of the molecule is BrOBr.[B].[N]. The second kappa shape index (κ2) is 20.3. The van der Waals surface area contributed by atoms with Crippen LogP contribution in [-0.2, 0) is 2.92 Å². The van der Waals surface area contributed by atoms with E-state index in [4.69, 9.17) is 0 Å². The molecule has 0 amide bonds. The van der Waals surface area contributed by atoms with Gasteiger partial charge in [-0.15, -0.1) is 0 Å². The van der Waals surface area contributed by atoms with Gasteiger partial charge in [-0.05, 0) is 0 Å². The van der Waals surface area contributed by atoms with Crippen LogP contribution in [0.15, 0.2) is 0 Å². The zero-order valence-corrected chi connectivity index (χ0v) is 5.36. The first kappa shape index (κ1) is 16.8. The number of hydrogen-bond donors (Lipinski definition) is 0. The van der Waals surface area contributed by atoms with Crippen LogP contribution in [-0.4, -0.2) is 8.41 Å². The summed E-state index contributed by atoms with van der Waals surface area (Å²) in [5.74, 6) is 0. The average Bonchev–Trinajstić information content (AvgIpc) is 0.918. The summed E-state index contributed by atoms with van der Waals surface area (Å²) in [4.78, 5) is 0. The Morgan fingerprint density at radius 3 is 1.20 bits per heavy atom. The summed E-state index contributed by atoms with van der Waals surface area (Å²) in [5.41, 5.74) is 0. The van der Waals surface area contributed by atoms with E-state index in [0.29, 0.717) is 0 Å². The maximum Gasteiger partial charge on any atom is 0.115 e. The van der Waals surface area contributed by atoms with Crippen LogP contribution in [0.25, 0.3) is 0 Å². The van der Waals surface area contributed by atoms with Gasteiger partial charge in [0.1, 0.15) is 32.5 Å². The third-order valence-corrected chi connectivity index (χ3v) is 0. The highest BCUT2D eigenvalue weighted by molar-refractivity contribution is 9.18. The van der Waals surface area contributed by atoms with Crippen LogP contribution in [0.1, 0.15) is 0 Å². The largest absolute Gasteiger partial charge is 0.230 e. The Labute approximate surface area is 50.3 Å². The summed E-state index contributed by atoms with van der Waals surface area (Å²) < 4.78 is 3.88. The Bertz CT molecular complexity index is 9.61. The van der Waals surface area contributed by atoms with Gasteiger partial charge in [0.2, 0.25) is 0 Å². The van der Waals surface area contributed by atoms with Gasteiger partial charge in [-0.25, -0.2) is 2.92 Å². The highest BCUT2D eigenvalue weighted by atomic mass is 79.9. The van der Waals surface area contributed by atoms with Gasteiger partial charge in [0.15, 0.2) is 0 Å². The molecule has 0 aromatic carbocycles. The van der Waals surface area contributed by atoms with E-state index in [1.54, 1.807) is 0 Å². The molecule has 0 aliphatic carbocycles. The molecule has 0 aromatic heterocycles. The second-order valence-electron chi connectivity index (χ2n) is 0.0583. The fourth-order valence-corrected chi connectivity index (χ4v) is 0. The monoisotopic (exact) mass is 199 g/mol. The van der Waals surface area contributed by atoms with Crippen LogP contribution in [0.4, 0.5) is 0 Å². The van der Waals surface area contributed by atoms with Crippen molar-refractivity contribution in [1.82, 2.24) is 6.15 Å². The number of halogens is 2. The number of rotatable bonds is 0. The van der Waals surface area contributed by atoms with Crippen molar-refractivity contribution in [1.29, 1.82) is 0 Å². The average molecular weight is 201 g/mol. The smallest absolute Gasteiger partial charge is 0.115 e. The molecule has 6 radical (unpaired) electrons. The molecule has 0 unspecified atom stereocenters. The molecule has 2 nitrogen and oxygen atoms in total. The normalized spacial score (nSPS) is 3.60. The predicted molar refractivity (Wildman–Crippen MR) is 26.8 cm³/mol. The van der Waals surface area contributed by atoms with Crippen molar-refractivity contribution in [3.8, 4) is 0 Å². The minimum Gasteiger partial charge on any atom is -0.230 e. The first-order valence-electron chi connectivity index (χ1n) is 0.309. The van der Waals surface area contributed by atoms with Gasteiger partial charge in [0, 0.05) is 14.6 Å². The number of hydrogen-bond acceptors (Lipinski definition) is 1. The van der Waals surface area contributed by atoms with Crippen molar-refractivity contribution in [3.63, 3.8) is 0 Å². The molecule has 0 saturated heterocycles. The van der Waals surface area contributed by atoms with E-state index in [9.17, 15) is 0 Å². The summed E-state index contributed by atoms with van der Waals surface area (Å²) in [7, 11) is 0. The number of nitrogens with zero attached hydrogens (tertiary/aromatic N) is 1. The van der Waals surface area contributed by atoms with Crippen molar-refractivity contribution >= 4 is 40.9 Å². The van der Waals surface area contributed by atoms with Crippen molar-refractivity contribution in [2.24, 2.45) is 0 Å². The van der Waals surface area contributed by atoms with Crippen LogP contribution in [0.2, 0.25) is 0 Å². The Hall–Kier alpha value is 0.945. The standard InChI is InChI=1S/B.Br2O.N/c;1-3-2;. The van der Waals surface area contributed by atoms with E-state index in [-0.39, 0.29) is 14.6 Å². The van der Waals surface area contributed by atoms with Crippen LogP contribution < -0.4 is 6.15 Å². The molecule has 0 heterocycles. The van der Waals surface area contributed by atoms with Gasteiger partial charge in [-0.1, -0.05) is 0 Å². The van der Waals surface area contributed by atoms with E-state index in [1.165, 1.54) is 0 Å². The molecule has 28 valence electrons. The van der Waals surface area contributed by atoms with Gasteiger partial charge < -0.3 is 0 Å². The highest BCUT2D eigenvalue weighted by Crippen LogP contribution is 1.88. The molecule has 0 bridgehead atoms. The summed E-state index contributed by atoms with van der Waals surface area (Å²) in [6.07, 6.45) is 0. The van der Waals surface area contributed by atoms with Crippen molar-refractivity contribution in [3.05, 3.63) is 0 Å². The lowest BCUT2D eigenvalue weighted by Crippen LogP contribution is -1.10. The Morgan fingerprint density at radius 2 is 1.20 bits per heavy atom. The Morgan fingerprint density at radius 1 is 1.20 bits per heavy atom.